The van der Waals surface area contributed by atoms with Gasteiger partial charge in [-0.15, -0.1) is 0 Å². The molecule has 0 aliphatic carbocycles. The third-order valence-electron chi connectivity index (χ3n) is 2.29. The third-order valence-corrected chi connectivity index (χ3v) is 2.29. The van der Waals surface area contributed by atoms with Crippen molar-refractivity contribution < 1.29 is 9.90 Å². The zero-order valence-electron chi connectivity index (χ0n) is 9.38. The molecule has 0 atom stereocenters. The van der Waals surface area contributed by atoms with Gasteiger partial charge in [-0.2, -0.15) is 0 Å². The second kappa shape index (κ2) is 8.79. The minimum atomic E-state index is -0.825. The van der Waals surface area contributed by atoms with E-state index in [1.165, 1.54) is 38.2 Å². The maximum atomic E-state index is 10.3. The van der Waals surface area contributed by atoms with Crippen LogP contribution in [0.1, 0.15) is 58.8 Å². The van der Waals surface area contributed by atoms with Crippen molar-refractivity contribution in [3.63, 3.8) is 0 Å². The number of allylic oxidation sites excluding steroid dienone is 1. The summed E-state index contributed by atoms with van der Waals surface area (Å²) < 4.78 is 0. The Balaban J connectivity index is 3.31. The molecule has 1 N–H and O–H groups in total. The van der Waals surface area contributed by atoms with E-state index >= 15 is 0 Å². The molecule has 0 aliphatic rings. The van der Waals surface area contributed by atoms with Crippen LogP contribution in [0.4, 0.5) is 0 Å². The van der Waals surface area contributed by atoms with E-state index in [9.17, 15) is 4.79 Å². The third kappa shape index (κ3) is 9.30. The molecule has 0 rings (SSSR count). The van der Waals surface area contributed by atoms with E-state index in [0.29, 0.717) is 0 Å². The van der Waals surface area contributed by atoms with Crippen molar-refractivity contribution in [1.82, 2.24) is 0 Å². The number of hydrogen-bond donors (Lipinski definition) is 1. The molecular formula is C12H22O2. The standard InChI is InChI=1S/C12H22O2/c1-3-4-5-6-7-8-9-11(2)10-12(13)14/h10H,3-9H2,1-2H3,(H,13,14)/b11-10-. The maximum Gasteiger partial charge on any atom is 0.328 e. The van der Waals surface area contributed by atoms with Gasteiger partial charge in [0.05, 0.1) is 0 Å². The molecule has 2 nitrogen and oxygen atoms in total. The summed E-state index contributed by atoms with van der Waals surface area (Å²) in [5, 5.41) is 8.48. The number of carboxylic acids is 1. The van der Waals surface area contributed by atoms with Gasteiger partial charge in [0.1, 0.15) is 0 Å². The van der Waals surface area contributed by atoms with Gasteiger partial charge in [-0.25, -0.2) is 4.79 Å². The molecule has 0 aliphatic heterocycles. The van der Waals surface area contributed by atoms with Crippen molar-refractivity contribution >= 4 is 5.97 Å². The summed E-state index contributed by atoms with van der Waals surface area (Å²) in [6, 6.07) is 0. The van der Waals surface area contributed by atoms with Gasteiger partial charge in [-0.1, -0.05) is 44.6 Å². The Kier molecular flexibility index (Phi) is 8.30. The number of hydrogen-bond acceptors (Lipinski definition) is 1. The quantitative estimate of drug-likeness (QED) is 0.476. The van der Waals surface area contributed by atoms with Crippen molar-refractivity contribution in [3.05, 3.63) is 11.6 Å². The van der Waals surface area contributed by atoms with Crippen molar-refractivity contribution in [3.8, 4) is 0 Å². The highest BCUT2D eigenvalue weighted by molar-refractivity contribution is 5.80. The van der Waals surface area contributed by atoms with Crippen molar-refractivity contribution in [2.45, 2.75) is 58.8 Å². The molecule has 0 amide bonds. The van der Waals surface area contributed by atoms with Crippen molar-refractivity contribution in [1.29, 1.82) is 0 Å². The highest BCUT2D eigenvalue weighted by Gasteiger charge is 1.95. The van der Waals surface area contributed by atoms with E-state index in [1.54, 1.807) is 0 Å². The molecule has 0 aromatic heterocycles. The first-order valence-corrected chi connectivity index (χ1v) is 5.57. The van der Waals surface area contributed by atoms with Crippen LogP contribution in [0.3, 0.4) is 0 Å². The molecule has 0 saturated carbocycles. The van der Waals surface area contributed by atoms with Crippen LogP contribution >= 0.6 is 0 Å². The van der Waals surface area contributed by atoms with E-state index in [-0.39, 0.29) is 0 Å². The molecule has 0 aromatic carbocycles. The summed E-state index contributed by atoms with van der Waals surface area (Å²) >= 11 is 0. The molecule has 82 valence electrons. The Bertz CT molecular complexity index is 183. The molecule has 0 aromatic rings. The normalized spacial score (nSPS) is 11.7. The Morgan fingerprint density at radius 1 is 1.14 bits per heavy atom. The van der Waals surface area contributed by atoms with Crippen LogP contribution in [0.5, 0.6) is 0 Å². The molecule has 0 spiro atoms. The van der Waals surface area contributed by atoms with Crippen LogP contribution in [-0.2, 0) is 4.79 Å². The smallest absolute Gasteiger partial charge is 0.328 e. The number of rotatable bonds is 8. The predicted molar refractivity (Wildman–Crippen MR) is 59.4 cm³/mol. The summed E-state index contributed by atoms with van der Waals surface area (Å²) in [5.41, 5.74) is 0.980. The lowest BCUT2D eigenvalue weighted by atomic mass is 10.1. The molecule has 0 bridgehead atoms. The first kappa shape index (κ1) is 13.2. The zero-order valence-corrected chi connectivity index (χ0v) is 9.38. The van der Waals surface area contributed by atoms with Crippen LogP contribution in [0.25, 0.3) is 0 Å². The van der Waals surface area contributed by atoms with Crippen LogP contribution in [0.15, 0.2) is 11.6 Å². The van der Waals surface area contributed by atoms with Gasteiger partial charge in [0, 0.05) is 6.08 Å². The maximum absolute atomic E-state index is 10.3. The monoisotopic (exact) mass is 198 g/mol. The Morgan fingerprint density at radius 3 is 2.29 bits per heavy atom. The molecule has 0 radical (unpaired) electrons. The topological polar surface area (TPSA) is 37.3 Å². The van der Waals surface area contributed by atoms with Gasteiger partial charge >= 0.3 is 5.97 Å². The van der Waals surface area contributed by atoms with Gasteiger partial charge in [0.25, 0.3) is 0 Å². The minimum Gasteiger partial charge on any atom is -0.478 e. The van der Waals surface area contributed by atoms with Crippen LogP contribution < -0.4 is 0 Å². The average molecular weight is 198 g/mol. The van der Waals surface area contributed by atoms with E-state index in [1.807, 2.05) is 6.92 Å². The molecule has 2 heteroatoms. The molecular weight excluding hydrogens is 176 g/mol. The fourth-order valence-electron chi connectivity index (χ4n) is 1.47. The Labute approximate surface area is 87.0 Å². The average Bonchev–Trinajstić information content (AvgIpc) is 2.10. The Hall–Kier alpha value is -0.790. The first-order valence-electron chi connectivity index (χ1n) is 5.57. The Morgan fingerprint density at radius 2 is 1.71 bits per heavy atom. The molecule has 0 saturated heterocycles. The predicted octanol–water partition coefficient (Wildman–Crippen LogP) is 3.77. The van der Waals surface area contributed by atoms with Crippen LogP contribution in [-0.4, -0.2) is 11.1 Å². The van der Waals surface area contributed by atoms with Gasteiger partial charge in [-0.3, -0.25) is 0 Å². The minimum absolute atomic E-state index is 0.825. The van der Waals surface area contributed by atoms with E-state index in [4.69, 9.17) is 5.11 Å². The second-order valence-electron chi connectivity index (χ2n) is 3.85. The SMILES string of the molecule is CCCCCCCC/C(C)=C\C(=O)O. The lowest BCUT2D eigenvalue weighted by molar-refractivity contribution is -0.131. The summed E-state index contributed by atoms with van der Waals surface area (Å²) in [6.45, 7) is 4.10. The summed E-state index contributed by atoms with van der Waals surface area (Å²) in [6.07, 6.45) is 9.79. The highest BCUT2D eigenvalue weighted by Crippen LogP contribution is 2.10. The molecule has 0 unspecified atom stereocenters. The fraction of sp³-hybridized carbons (Fsp3) is 0.750. The number of aliphatic carboxylic acids is 1. The molecule has 0 fully saturated rings. The first-order chi connectivity index (χ1) is 6.66. The summed E-state index contributed by atoms with van der Waals surface area (Å²) in [5.74, 6) is -0.825. The van der Waals surface area contributed by atoms with Crippen molar-refractivity contribution in [2.24, 2.45) is 0 Å². The van der Waals surface area contributed by atoms with Gasteiger partial charge < -0.3 is 5.11 Å². The second-order valence-corrected chi connectivity index (χ2v) is 3.85. The van der Waals surface area contributed by atoms with Gasteiger partial charge in [-0.05, 0) is 19.8 Å². The number of carbonyl (C=O) groups is 1. The summed E-state index contributed by atoms with van der Waals surface area (Å²) in [7, 11) is 0. The molecule has 14 heavy (non-hydrogen) atoms. The summed E-state index contributed by atoms with van der Waals surface area (Å²) in [4.78, 5) is 10.3. The number of unbranched alkanes of at least 4 members (excludes halogenated alkanes) is 5. The number of carboxylic acid groups (broad SMARTS) is 1. The van der Waals surface area contributed by atoms with E-state index in [0.717, 1.165) is 18.4 Å². The highest BCUT2D eigenvalue weighted by atomic mass is 16.4. The van der Waals surface area contributed by atoms with Crippen LogP contribution in [0.2, 0.25) is 0 Å². The van der Waals surface area contributed by atoms with E-state index in [2.05, 4.69) is 6.92 Å². The van der Waals surface area contributed by atoms with Gasteiger partial charge in [0.2, 0.25) is 0 Å². The largest absolute Gasteiger partial charge is 0.478 e. The fourth-order valence-corrected chi connectivity index (χ4v) is 1.47. The van der Waals surface area contributed by atoms with Crippen molar-refractivity contribution in [2.75, 3.05) is 0 Å². The van der Waals surface area contributed by atoms with Crippen LogP contribution in [0, 0.1) is 0 Å². The zero-order chi connectivity index (χ0) is 10.8. The van der Waals surface area contributed by atoms with E-state index < -0.39 is 5.97 Å². The van der Waals surface area contributed by atoms with Gasteiger partial charge in [0.15, 0.2) is 0 Å². The lowest BCUT2D eigenvalue weighted by Crippen LogP contribution is -1.90. The molecule has 0 heterocycles. The lowest BCUT2D eigenvalue weighted by Gasteiger charge is -2.00.